The molecule has 1 fully saturated rings. The van der Waals surface area contributed by atoms with E-state index in [4.69, 9.17) is 25.9 Å². The highest BCUT2D eigenvalue weighted by Crippen LogP contribution is 2.37. The molecular formula is C29H39ClN2O7. The summed E-state index contributed by atoms with van der Waals surface area (Å²) in [5.41, 5.74) is 0.324. The topological polar surface area (TPSA) is 118 Å². The van der Waals surface area contributed by atoms with Crippen molar-refractivity contribution < 1.29 is 34.1 Å². The van der Waals surface area contributed by atoms with Gasteiger partial charge in [0.15, 0.2) is 6.61 Å². The molecule has 2 N–H and O–H groups in total. The van der Waals surface area contributed by atoms with Gasteiger partial charge in [-0.25, -0.2) is 4.79 Å². The molecule has 1 aromatic rings. The second kappa shape index (κ2) is 15.5. The molecule has 0 aliphatic carbocycles. The Morgan fingerprint density at radius 1 is 1.18 bits per heavy atom. The number of halogens is 1. The predicted molar refractivity (Wildman–Crippen MR) is 149 cm³/mol. The zero-order valence-corrected chi connectivity index (χ0v) is 23.5. The molecule has 1 aromatic carbocycles. The molecule has 0 bridgehead atoms. The van der Waals surface area contributed by atoms with E-state index in [1.54, 1.807) is 17.9 Å². The second-order valence-corrected chi connectivity index (χ2v) is 10.2. The fourth-order valence-electron chi connectivity index (χ4n) is 4.42. The van der Waals surface area contributed by atoms with Crippen LogP contribution in [-0.2, 0) is 25.5 Å². The lowest BCUT2D eigenvalue weighted by molar-refractivity contribution is -0.137. The highest BCUT2D eigenvalue weighted by molar-refractivity contribution is 6.33. The second-order valence-electron chi connectivity index (χ2n) is 9.84. The first-order chi connectivity index (χ1) is 18.8. The van der Waals surface area contributed by atoms with E-state index in [0.717, 1.165) is 38.2 Å². The van der Waals surface area contributed by atoms with Crippen molar-refractivity contribution in [3.8, 4) is 11.5 Å². The summed E-state index contributed by atoms with van der Waals surface area (Å²) in [5.74, 6) is -1.76. The van der Waals surface area contributed by atoms with Gasteiger partial charge in [-0.15, -0.1) is 0 Å². The van der Waals surface area contributed by atoms with E-state index in [9.17, 15) is 19.8 Å². The number of carbonyl (C=O) groups excluding carboxylic acids is 2. The lowest BCUT2D eigenvalue weighted by atomic mass is 9.99. The molecule has 10 heteroatoms. The Kier molecular flexibility index (Phi) is 12.1. The third kappa shape index (κ3) is 9.28. The van der Waals surface area contributed by atoms with Crippen molar-refractivity contribution in [3.05, 3.63) is 46.5 Å². The molecule has 3 rings (SSSR count). The molecule has 0 saturated carbocycles. The number of piperidine rings is 1. The Morgan fingerprint density at radius 3 is 2.69 bits per heavy atom. The molecule has 214 valence electrons. The Bertz CT molecular complexity index is 1080. The molecule has 2 aliphatic heterocycles. The van der Waals surface area contributed by atoms with E-state index in [1.165, 1.54) is 0 Å². The zero-order chi connectivity index (χ0) is 28.2. The molecule has 2 heterocycles. The van der Waals surface area contributed by atoms with Crippen LogP contribution in [0.4, 0.5) is 0 Å². The van der Waals surface area contributed by atoms with E-state index in [0.29, 0.717) is 38.2 Å². The minimum absolute atomic E-state index is 0.0643. The van der Waals surface area contributed by atoms with Gasteiger partial charge in [-0.3, -0.25) is 4.79 Å². The first-order valence-corrected chi connectivity index (χ1v) is 14.0. The number of unbranched alkanes of at least 4 members (excludes halogenated alkanes) is 1. The van der Waals surface area contributed by atoms with Gasteiger partial charge in [0.1, 0.15) is 23.2 Å². The van der Waals surface area contributed by atoms with Crippen molar-refractivity contribution >= 4 is 29.2 Å². The van der Waals surface area contributed by atoms with Crippen LogP contribution in [0.15, 0.2) is 35.5 Å². The monoisotopic (exact) mass is 562 g/mol. The number of hydrogen-bond acceptors (Lipinski definition) is 8. The van der Waals surface area contributed by atoms with Crippen LogP contribution in [0.3, 0.4) is 0 Å². The van der Waals surface area contributed by atoms with E-state index in [2.05, 4.69) is 12.1 Å². The number of rotatable bonds is 7. The summed E-state index contributed by atoms with van der Waals surface area (Å²) in [7, 11) is 0. The first-order valence-electron chi connectivity index (χ1n) is 13.7. The number of allylic oxidation sites excluding steroid dienone is 1. The number of esters is 1. The number of fused-ring (bicyclic) bond motifs is 1. The van der Waals surface area contributed by atoms with E-state index in [-0.39, 0.29) is 46.9 Å². The number of nitrogens with zero attached hydrogens (tertiary/aromatic N) is 2. The van der Waals surface area contributed by atoms with Gasteiger partial charge in [-0.2, -0.15) is 0 Å². The van der Waals surface area contributed by atoms with E-state index in [1.807, 2.05) is 18.2 Å². The van der Waals surface area contributed by atoms with E-state index >= 15 is 0 Å². The summed E-state index contributed by atoms with van der Waals surface area (Å²) in [6.45, 7) is 5.64. The van der Waals surface area contributed by atoms with Gasteiger partial charge >= 0.3 is 5.97 Å². The number of carbonyl (C=O) groups is 2. The number of oxime groups is 1. The summed E-state index contributed by atoms with van der Waals surface area (Å²) >= 11 is 6.40. The van der Waals surface area contributed by atoms with Crippen LogP contribution in [0.1, 0.15) is 74.7 Å². The number of hydrogen-bond donors (Lipinski definition) is 2. The lowest BCUT2D eigenvalue weighted by Gasteiger charge is -2.26. The molecule has 2 aliphatic rings. The fourth-order valence-corrected chi connectivity index (χ4v) is 4.63. The molecule has 9 nitrogen and oxygen atoms in total. The van der Waals surface area contributed by atoms with Crippen LogP contribution in [0, 0.1) is 0 Å². The standard InChI is InChI=1S/C29H39ClN2O7/c1-3-4-16-37-22-12-8-10-20(2)39-29(36)27-23(28(30)25(34)18-24(27)33)17-21(11-9-13-22)31-38-19-26(35)32-14-6-5-7-15-32/h8-9,11-12,18,20,22,33-34H,3-7,10,13-17,19H2,1-2H3/b11-9+,12-8?,31-21+/t20-,22?/m1/s1. The SMILES string of the molecule is CCCCOC1C=CC[C@@H](C)OC(=O)c2c(O)cc(O)c(Cl)c2CC(=N/OCC(=O)N2CCCCC2)/C=C/C1. The number of phenolic OH excluding ortho intramolecular Hbond substituents is 2. The molecule has 2 atom stereocenters. The van der Waals surface area contributed by atoms with Crippen molar-refractivity contribution in [1.29, 1.82) is 0 Å². The third-order valence-electron chi connectivity index (χ3n) is 6.60. The Balaban J connectivity index is 1.91. The summed E-state index contributed by atoms with van der Waals surface area (Å²) in [4.78, 5) is 32.8. The van der Waals surface area contributed by atoms with Crippen LogP contribution in [0.2, 0.25) is 5.02 Å². The average Bonchev–Trinajstić information content (AvgIpc) is 2.91. The van der Waals surface area contributed by atoms with Crippen molar-refractivity contribution in [1.82, 2.24) is 4.90 Å². The number of amides is 1. The fraction of sp³-hybridized carbons (Fsp3) is 0.552. The molecule has 1 saturated heterocycles. The maximum Gasteiger partial charge on any atom is 0.342 e. The van der Waals surface area contributed by atoms with Crippen LogP contribution in [0.25, 0.3) is 0 Å². The van der Waals surface area contributed by atoms with Gasteiger partial charge in [-0.1, -0.05) is 48.3 Å². The molecule has 0 radical (unpaired) electrons. The Hall–Kier alpha value is -3.04. The summed E-state index contributed by atoms with van der Waals surface area (Å²) in [6.07, 6.45) is 12.7. The van der Waals surface area contributed by atoms with Crippen LogP contribution in [-0.4, -0.2) is 71.2 Å². The Morgan fingerprint density at radius 2 is 1.95 bits per heavy atom. The van der Waals surface area contributed by atoms with Gasteiger partial charge in [-0.05, 0) is 50.7 Å². The van der Waals surface area contributed by atoms with Gasteiger partial charge in [0, 0.05) is 38.6 Å². The molecular weight excluding hydrogens is 524 g/mol. The highest BCUT2D eigenvalue weighted by atomic mass is 35.5. The van der Waals surface area contributed by atoms with Gasteiger partial charge in [0.2, 0.25) is 0 Å². The largest absolute Gasteiger partial charge is 0.507 e. The number of likely N-dealkylation sites (tertiary alicyclic amines) is 1. The number of phenols is 2. The minimum atomic E-state index is -0.775. The van der Waals surface area contributed by atoms with Gasteiger partial charge < -0.3 is 29.4 Å². The zero-order valence-electron chi connectivity index (χ0n) is 22.7. The summed E-state index contributed by atoms with van der Waals surface area (Å²) < 4.78 is 11.6. The van der Waals surface area contributed by atoms with Crippen LogP contribution in [0.5, 0.6) is 11.5 Å². The van der Waals surface area contributed by atoms with Crippen molar-refractivity contribution in [2.75, 3.05) is 26.3 Å². The normalized spacial score (nSPS) is 22.6. The highest BCUT2D eigenvalue weighted by Gasteiger charge is 2.26. The van der Waals surface area contributed by atoms with Gasteiger partial charge in [0.25, 0.3) is 5.91 Å². The molecule has 1 amide bonds. The van der Waals surface area contributed by atoms with Crippen molar-refractivity contribution in [2.45, 2.75) is 77.4 Å². The third-order valence-corrected chi connectivity index (χ3v) is 7.02. The average molecular weight is 563 g/mol. The molecule has 1 unspecified atom stereocenters. The molecule has 0 aromatic heterocycles. The number of benzene rings is 1. The molecule has 39 heavy (non-hydrogen) atoms. The van der Waals surface area contributed by atoms with Crippen LogP contribution < -0.4 is 0 Å². The predicted octanol–water partition coefficient (Wildman–Crippen LogP) is 5.32. The lowest BCUT2D eigenvalue weighted by Crippen LogP contribution is -2.37. The van der Waals surface area contributed by atoms with E-state index < -0.39 is 17.8 Å². The molecule has 0 spiro atoms. The smallest absolute Gasteiger partial charge is 0.342 e. The van der Waals surface area contributed by atoms with Crippen molar-refractivity contribution in [3.63, 3.8) is 0 Å². The number of cyclic esters (lactones) is 1. The maximum atomic E-state index is 13.1. The van der Waals surface area contributed by atoms with Crippen LogP contribution >= 0.6 is 11.6 Å². The number of aromatic hydroxyl groups is 2. The summed E-state index contributed by atoms with van der Waals surface area (Å²) in [5, 5.41) is 24.9. The minimum Gasteiger partial charge on any atom is -0.507 e. The summed E-state index contributed by atoms with van der Waals surface area (Å²) in [6, 6.07) is 1.01. The quantitative estimate of drug-likeness (QED) is 0.200. The first kappa shape index (κ1) is 30.5. The van der Waals surface area contributed by atoms with Crippen molar-refractivity contribution in [2.24, 2.45) is 5.16 Å². The van der Waals surface area contributed by atoms with Gasteiger partial charge in [0.05, 0.1) is 16.8 Å². The number of ether oxygens (including phenoxy) is 2. The Labute approximate surface area is 235 Å². The maximum absolute atomic E-state index is 13.1.